The normalized spacial score (nSPS) is 11.5. The minimum atomic E-state index is -0.588. The monoisotopic (exact) mass is 393 g/mol. The molecule has 0 saturated heterocycles. The SMILES string of the molecule is C[C@@H](NC(=O)c1ccccc1NC(=O)Cn1cc([N+](=O)[O-])cn1)c1ccccc1. The molecule has 2 N–H and O–H groups in total. The van der Waals surface area contributed by atoms with Crippen molar-refractivity contribution in [3.8, 4) is 0 Å². The fourth-order valence-corrected chi connectivity index (χ4v) is 2.76. The molecule has 0 saturated carbocycles. The molecular weight excluding hydrogens is 374 g/mol. The molecule has 9 heteroatoms. The van der Waals surface area contributed by atoms with Crippen molar-refractivity contribution in [2.24, 2.45) is 0 Å². The van der Waals surface area contributed by atoms with Crippen LogP contribution < -0.4 is 10.6 Å². The first-order chi connectivity index (χ1) is 13.9. The zero-order chi connectivity index (χ0) is 20.8. The van der Waals surface area contributed by atoms with Gasteiger partial charge < -0.3 is 10.6 Å². The molecule has 0 unspecified atom stereocenters. The van der Waals surface area contributed by atoms with Gasteiger partial charge in [-0.25, -0.2) is 0 Å². The van der Waals surface area contributed by atoms with Crippen molar-refractivity contribution in [1.29, 1.82) is 0 Å². The summed E-state index contributed by atoms with van der Waals surface area (Å²) in [5.74, 6) is -0.786. The average molecular weight is 393 g/mol. The summed E-state index contributed by atoms with van der Waals surface area (Å²) in [6.45, 7) is 1.66. The summed E-state index contributed by atoms with van der Waals surface area (Å²) in [5, 5.41) is 20.1. The Labute approximate surface area is 166 Å². The Morgan fingerprint density at radius 3 is 2.52 bits per heavy atom. The minimum absolute atomic E-state index is 0.201. The molecule has 0 aliphatic heterocycles. The van der Waals surface area contributed by atoms with Gasteiger partial charge in [0, 0.05) is 0 Å². The van der Waals surface area contributed by atoms with Crippen LogP contribution in [0.25, 0.3) is 0 Å². The van der Waals surface area contributed by atoms with Crippen LogP contribution in [0.2, 0.25) is 0 Å². The van der Waals surface area contributed by atoms with Crippen LogP contribution in [0.5, 0.6) is 0 Å². The Morgan fingerprint density at radius 1 is 1.14 bits per heavy atom. The van der Waals surface area contributed by atoms with Gasteiger partial charge in [-0.1, -0.05) is 42.5 Å². The maximum Gasteiger partial charge on any atom is 0.307 e. The summed E-state index contributed by atoms with van der Waals surface area (Å²) in [6, 6.07) is 15.9. The lowest BCUT2D eigenvalue weighted by Crippen LogP contribution is -2.28. The number of nitro groups is 1. The summed E-state index contributed by atoms with van der Waals surface area (Å²) in [7, 11) is 0. The zero-order valence-corrected chi connectivity index (χ0v) is 15.6. The Hall–Kier alpha value is -4.01. The predicted molar refractivity (Wildman–Crippen MR) is 106 cm³/mol. The van der Waals surface area contributed by atoms with E-state index in [0.717, 1.165) is 16.4 Å². The fraction of sp³-hybridized carbons (Fsp3) is 0.150. The number of nitrogens with zero attached hydrogens (tertiary/aromatic N) is 3. The lowest BCUT2D eigenvalue weighted by molar-refractivity contribution is -0.385. The summed E-state index contributed by atoms with van der Waals surface area (Å²) >= 11 is 0. The number of benzene rings is 2. The number of anilines is 1. The third-order valence-corrected chi connectivity index (χ3v) is 4.23. The molecular formula is C20H19N5O4. The van der Waals surface area contributed by atoms with Crippen molar-refractivity contribution >= 4 is 23.2 Å². The van der Waals surface area contributed by atoms with E-state index in [9.17, 15) is 19.7 Å². The van der Waals surface area contributed by atoms with E-state index in [1.54, 1.807) is 24.3 Å². The van der Waals surface area contributed by atoms with Crippen molar-refractivity contribution < 1.29 is 14.5 Å². The summed E-state index contributed by atoms with van der Waals surface area (Å²) in [5.41, 5.74) is 1.42. The summed E-state index contributed by atoms with van der Waals surface area (Å²) in [4.78, 5) is 35.1. The minimum Gasteiger partial charge on any atom is -0.345 e. The maximum atomic E-state index is 12.7. The zero-order valence-electron chi connectivity index (χ0n) is 15.6. The van der Waals surface area contributed by atoms with E-state index >= 15 is 0 Å². The number of para-hydroxylation sites is 1. The van der Waals surface area contributed by atoms with Gasteiger partial charge in [0.15, 0.2) is 0 Å². The van der Waals surface area contributed by atoms with Crippen molar-refractivity contribution in [1.82, 2.24) is 15.1 Å². The van der Waals surface area contributed by atoms with Gasteiger partial charge >= 0.3 is 5.69 Å². The molecule has 3 aromatic rings. The number of hydrogen-bond acceptors (Lipinski definition) is 5. The van der Waals surface area contributed by atoms with Gasteiger partial charge in [0.2, 0.25) is 5.91 Å². The highest BCUT2D eigenvalue weighted by molar-refractivity contribution is 6.03. The van der Waals surface area contributed by atoms with E-state index in [1.807, 2.05) is 37.3 Å². The van der Waals surface area contributed by atoms with Crippen LogP contribution in [-0.4, -0.2) is 26.5 Å². The van der Waals surface area contributed by atoms with Gasteiger partial charge in [-0.2, -0.15) is 5.10 Å². The quantitative estimate of drug-likeness (QED) is 0.472. The standard InChI is InChI=1S/C20H19N5O4/c1-14(15-7-3-2-4-8-15)22-20(27)17-9-5-6-10-18(17)23-19(26)13-24-12-16(11-21-24)25(28)29/h2-12,14H,13H2,1H3,(H,22,27)(H,23,26)/t14-/m1/s1. The van der Waals surface area contributed by atoms with Crippen LogP contribution in [0, 0.1) is 10.1 Å². The van der Waals surface area contributed by atoms with Crippen LogP contribution in [-0.2, 0) is 11.3 Å². The van der Waals surface area contributed by atoms with E-state index in [1.165, 1.54) is 6.20 Å². The molecule has 2 aromatic carbocycles. The smallest absolute Gasteiger partial charge is 0.307 e. The molecule has 0 radical (unpaired) electrons. The molecule has 1 atom stereocenters. The third-order valence-electron chi connectivity index (χ3n) is 4.23. The number of aromatic nitrogens is 2. The van der Waals surface area contributed by atoms with Crippen LogP contribution in [0.15, 0.2) is 67.0 Å². The molecule has 148 valence electrons. The first kappa shape index (κ1) is 19.7. The molecule has 1 aromatic heterocycles. The number of carbonyl (C=O) groups is 2. The first-order valence-corrected chi connectivity index (χ1v) is 8.85. The van der Waals surface area contributed by atoms with Crippen LogP contribution >= 0.6 is 0 Å². The highest BCUT2D eigenvalue weighted by Gasteiger charge is 2.17. The summed E-state index contributed by atoms with van der Waals surface area (Å²) < 4.78 is 1.16. The van der Waals surface area contributed by atoms with Crippen molar-refractivity contribution in [2.75, 3.05) is 5.32 Å². The van der Waals surface area contributed by atoms with Crippen molar-refractivity contribution in [2.45, 2.75) is 19.5 Å². The summed E-state index contributed by atoms with van der Waals surface area (Å²) in [6.07, 6.45) is 2.24. The number of carbonyl (C=O) groups excluding carboxylic acids is 2. The number of rotatable bonds is 7. The van der Waals surface area contributed by atoms with E-state index in [4.69, 9.17) is 0 Å². The molecule has 29 heavy (non-hydrogen) atoms. The van der Waals surface area contributed by atoms with E-state index in [2.05, 4.69) is 15.7 Å². The van der Waals surface area contributed by atoms with Gasteiger partial charge in [-0.05, 0) is 24.6 Å². The van der Waals surface area contributed by atoms with E-state index in [0.29, 0.717) is 11.3 Å². The van der Waals surface area contributed by atoms with Crippen molar-refractivity contribution in [3.63, 3.8) is 0 Å². The lowest BCUT2D eigenvalue weighted by atomic mass is 10.1. The number of hydrogen-bond donors (Lipinski definition) is 2. The van der Waals surface area contributed by atoms with Crippen LogP contribution in [0.1, 0.15) is 28.9 Å². The van der Waals surface area contributed by atoms with Gasteiger partial charge in [0.25, 0.3) is 5.91 Å². The topological polar surface area (TPSA) is 119 Å². The van der Waals surface area contributed by atoms with Crippen LogP contribution in [0.3, 0.4) is 0 Å². The molecule has 9 nitrogen and oxygen atoms in total. The number of amides is 2. The molecule has 0 fully saturated rings. The van der Waals surface area contributed by atoms with E-state index in [-0.39, 0.29) is 24.2 Å². The molecule has 0 bridgehead atoms. The first-order valence-electron chi connectivity index (χ1n) is 8.85. The molecule has 0 aliphatic rings. The molecule has 0 aliphatic carbocycles. The second-order valence-electron chi connectivity index (χ2n) is 6.35. The molecule has 1 heterocycles. The van der Waals surface area contributed by atoms with E-state index < -0.39 is 10.8 Å². The lowest BCUT2D eigenvalue weighted by Gasteiger charge is -2.16. The molecule has 3 rings (SSSR count). The highest BCUT2D eigenvalue weighted by Crippen LogP contribution is 2.18. The van der Waals surface area contributed by atoms with Crippen molar-refractivity contribution in [3.05, 3.63) is 88.2 Å². The second kappa shape index (κ2) is 8.79. The Kier molecular flexibility index (Phi) is 5.98. The Morgan fingerprint density at radius 2 is 1.83 bits per heavy atom. The van der Waals surface area contributed by atoms with Gasteiger partial charge in [-0.15, -0.1) is 0 Å². The Balaban J connectivity index is 1.68. The average Bonchev–Trinajstić information content (AvgIpc) is 3.17. The number of nitrogens with one attached hydrogen (secondary N) is 2. The van der Waals surface area contributed by atoms with Crippen LogP contribution in [0.4, 0.5) is 11.4 Å². The molecule has 0 spiro atoms. The highest BCUT2D eigenvalue weighted by atomic mass is 16.6. The maximum absolute atomic E-state index is 12.7. The Bertz CT molecular complexity index is 1030. The largest absolute Gasteiger partial charge is 0.345 e. The van der Waals surface area contributed by atoms with Gasteiger partial charge in [0.1, 0.15) is 18.9 Å². The third kappa shape index (κ3) is 5.04. The predicted octanol–water partition coefficient (Wildman–Crippen LogP) is 2.92. The molecule has 2 amide bonds. The van der Waals surface area contributed by atoms with Gasteiger partial charge in [-0.3, -0.25) is 24.4 Å². The van der Waals surface area contributed by atoms with Gasteiger partial charge in [0.05, 0.1) is 22.2 Å². The fourth-order valence-electron chi connectivity index (χ4n) is 2.76. The second-order valence-corrected chi connectivity index (χ2v) is 6.35.